The Bertz CT molecular complexity index is 546. The number of aliphatic hydroxyl groups excluding tert-OH is 1. The molecule has 1 saturated carbocycles. The molecule has 1 fully saturated rings. The standard InChI is InChI=1S/C14H17N3O/c1-17(9-10-6-12(18)7-10)14-13-5-3-2-4-11(13)8-15-16-14/h2-5,8,10,12,18H,6-7,9H2,1H3. The Hall–Kier alpha value is -1.68. The first-order chi connectivity index (χ1) is 8.74. The van der Waals surface area contributed by atoms with Crippen molar-refractivity contribution in [1.82, 2.24) is 10.2 Å². The van der Waals surface area contributed by atoms with Crippen LogP contribution in [0.5, 0.6) is 0 Å². The monoisotopic (exact) mass is 243 g/mol. The van der Waals surface area contributed by atoms with Crippen molar-refractivity contribution in [3.8, 4) is 0 Å². The highest BCUT2D eigenvalue weighted by Crippen LogP contribution is 2.30. The van der Waals surface area contributed by atoms with Gasteiger partial charge >= 0.3 is 0 Å². The van der Waals surface area contributed by atoms with Gasteiger partial charge in [-0.25, -0.2) is 0 Å². The number of aromatic nitrogens is 2. The summed E-state index contributed by atoms with van der Waals surface area (Å²) in [5.41, 5.74) is 0. The van der Waals surface area contributed by atoms with Crippen LogP contribution < -0.4 is 4.90 Å². The van der Waals surface area contributed by atoms with E-state index in [0.29, 0.717) is 5.92 Å². The zero-order chi connectivity index (χ0) is 12.5. The molecule has 3 rings (SSSR count). The molecule has 1 aliphatic carbocycles. The largest absolute Gasteiger partial charge is 0.393 e. The van der Waals surface area contributed by atoms with Crippen molar-refractivity contribution in [2.24, 2.45) is 5.92 Å². The molecule has 2 aromatic rings. The van der Waals surface area contributed by atoms with Gasteiger partial charge in [0.25, 0.3) is 0 Å². The predicted octanol–water partition coefficient (Wildman–Crippen LogP) is 1.84. The zero-order valence-corrected chi connectivity index (χ0v) is 10.5. The number of aliphatic hydroxyl groups is 1. The lowest BCUT2D eigenvalue weighted by Crippen LogP contribution is -2.37. The Morgan fingerprint density at radius 2 is 2.11 bits per heavy atom. The van der Waals surface area contributed by atoms with Crippen LogP contribution in [0.25, 0.3) is 10.8 Å². The quantitative estimate of drug-likeness (QED) is 0.893. The van der Waals surface area contributed by atoms with E-state index in [0.717, 1.165) is 36.0 Å². The molecular weight excluding hydrogens is 226 g/mol. The summed E-state index contributed by atoms with van der Waals surface area (Å²) < 4.78 is 0. The number of benzene rings is 1. The van der Waals surface area contributed by atoms with Gasteiger partial charge in [-0.15, -0.1) is 5.10 Å². The van der Waals surface area contributed by atoms with E-state index in [-0.39, 0.29) is 6.10 Å². The van der Waals surface area contributed by atoms with Crippen molar-refractivity contribution in [3.63, 3.8) is 0 Å². The maximum Gasteiger partial charge on any atom is 0.158 e. The van der Waals surface area contributed by atoms with Crippen molar-refractivity contribution in [1.29, 1.82) is 0 Å². The molecule has 0 aliphatic heterocycles. The van der Waals surface area contributed by atoms with Crippen LogP contribution in [0, 0.1) is 5.92 Å². The fourth-order valence-electron chi connectivity index (χ4n) is 2.62. The van der Waals surface area contributed by atoms with Gasteiger partial charge in [0.05, 0.1) is 12.3 Å². The van der Waals surface area contributed by atoms with Gasteiger partial charge in [0, 0.05) is 24.4 Å². The average Bonchev–Trinajstić information content (AvgIpc) is 2.36. The summed E-state index contributed by atoms with van der Waals surface area (Å²) in [5.74, 6) is 1.50. The molecule has 0 unspecified atom stereocenters. The molecule has 0 spiro atoms. The Labute approximate surface area is 106 Å². The summed E-state index contributed by atoms with van der Waals surface area (Å²) in [6.07, 6.45) is 3.51. The van der Waals surface area contributed by atoms with Gasteiger partial charge in [-0.2, -0.15) is 5.10 Å². The van der Waals surface area contributed by atoms with Gasteiger partial charge in [-0.05, 0) is 18.8 Å². The summed E-state index contributed by atoms with van der Waals surface area (Å²) in [6, 6.07) is 8.16. The van der Waals surface area contributed by atoms with Crippen LogP contribution in [0.1, 0.15) is 12.8 Å². The third-order valence-corrected chi connectivity index (χ3v) is 3.66. The smallest absolute Gasteiger partial charge is 0.158 e. The number of nitrogens with zero attached hydrogens (tertiary/aromatic N) is 3. The van der Waals surface area contributed by atoms with E-state index >= 15 is 0 Å². The number of hydrogen-bond acceptors (Lipinski definition) is 4. The molecule has 4 nitrogen and oxygen atoms in total. The van der Waals surface area contributed by atoms with E-state index in [9.17, 15) is 5.11 Å². The van der Waals surface area contributed by atoms with Crippen LogP contribution in [-0.4, -0.2) is 35.0 Å². The van der Waals surface area contributed by atoms with Crippen molar-refractivity contribution < 1.29 is 5.11 Å². The minimum Gasteiger partial charge on any atom is -0.393 e. The molecule has 18 heavy (non-hydrogen) atoms. The average molecular weight is 243 g/mol. The molecule has 4 heteroatoms. The topological polar surface area (TPSA) is 49.2 Å². The van der Waals surface area contributed by atoms with E-state index < -0.39 is 0 Å². The normalized spacial score (nSPS) is 22.8. The molecule has 1 heterocycles. The summed E-state index contributed by atoms with van der Waals surface area (Å²) in [6.45, 7) is 0.930. The van der Waals surface area contributed by atoms with Crippen LogP contribution in [0.15, 0.2) is 30.5 Å². The van der Waals surface area contributed by atoms with Crippen molar-refractivity contribution in [3.05, 3.63) is 30.5 Å². The van der Waals surface area contributed by atoms with Gasteiger partial charge in [0.15, 0.2) is 5.82 Å². The predicted molar refractivity (Wildman–Crippen MR) is 71.5 cm³/mol. The SMILES string of the molecule is CN(CC1CC(O)C1)c1nncc2ccccc12. The second-order valence-electron chi connectivity index (χ2n) is 5.13. The van der Waals surface area contributed by atoms with Gasteiger partial charge < -0.3 is 10.0 Å². The van der Waals surface area contributed by atoms with E-state index in [1.165, 1.54) is 0 Å². The van der Waals surface area contributed by atoms with E-state index in [1.54, 1.807) is 6.20 Å². The van der Waals surface area contributed by atoms with Crippen molar-refractivity contribution in [2.45, 2.75) is 18.9 Å². The lowest BCUT2D eigenvalue weighted by Gasteiger charge is -2.34. The highest BCUT2D eigenvalue weighted by molar-refractivity contribution is 5.91. The van der Waals surface area contributed by atoms with Crippen molar-refractivity contribution in [2.75, 3.05) is 18.5 Å². The fraction of sp³-hybridized carbons (Fsp3) is 0.429. The maximum atomic E-state index is 9.33. The first kappa shape index (κ1) is 11.4. The molecule has 0 atom stereocenters. The first-order valence-corrected chi connectivity index (χ1v) is 6.33. The van der Waals surface area contributed by atoms with Gasteiger partial charge in [-0.3, -0.25) is 0 Å². The Balaban J connectivity index is 1.84. The Morgan fingerprint density at radius 3 is 2.89 bits per heavy atom. The van der Waals surface area contributed by atoms with Gasteiger partial charge in [0.2, 0.25) is 0 Å². The summed E-state index contributed by atoms with van der Waals surface area (Å²) in [5, 5.41) is 19.9. The summed E-state index contributed by atoms with van der Waals surface area (Å²) >= 11 is 0. The fourth-order valence-corrected chi connectivity index (χ4v) is 2.62. The zero-order valence-electron chi connectivity index (χ0n) is 10.5. The minimum atomic E-state index is -0.0954. The molecule has 94 valence electrons. The molecule has 1 aliphatic rings. The first-order valence-electron chi connectivity index (χ1n) is 6.33. The lowest BCUT2D eigenvalue weighted by atomic mass is 9.82. The highest BCUT2D eigenvalue weighted by atomic mass is 16.3. The maximum absolute atomic E-state index is 9.33. The molecule has 1 aromatic carbocycles. The Kier molecular flexibility index (Phi) is 2.88. The van der Waals surface area contributed by atoms with E-state index in [2.05, 4.69) is 27.2 Å². The van der Waals surface area contributed by atoms with Crippen LogP contribution in [-0.2, 0) is 0 Å². The molecule has 1 aromatic heterocycles. The number of fused-ring (bicyclic) bond motifs is 1. The molecule has 0 bridgehead atoms. The molecule has 1 N–H and O–H groups in total. The minimum absolute atomic E-state index is 0.0954. The Morgan fingerprint density at radius 1 is 1.33 bits per heavy atom. The third-order valence-electron chi connectivity index (χ3n) is 3.66. The number of anilines is 1. The van der Waals surface area contributed by atoms with E-state index in [1.807, 2.05) is 19.2 Å². The molecule has 0 saturated heterocycles. The van der Waals surface area contributed by atoms with Crippen LogP contribution >= 0.6 is 0 Å². The molecular formula is C14H17N3O. The number of rotatable bonds is 3. The van der Waals surface area contributed by atoms with E-state index in [4.69, 9.17) is 0 Å². The van der Waals surface area contributed by atoms with Gasteiger partial charge in [0.1, 0.15) is 0 Å². The second kappa shape index (κ2) is 4.53. The molecule has 0 amide bonds. The second-order valence-corrected chi connectivity index (χ2v) is 5.13. The third kappa shape index (κ3) is 2.04. The van der Waals surface area contributed by atoms with Crippen molar-refractivity contribution >= 4 is 16.6 Å². The summed E-state index contributed by atoms with van der Waals surface area (Å²) in [4.78, 5) is 2.14. The van der Waals surface area contributed by atoms with Crippen LogP contribution in [0.2, 0.25) is 0 Å². The van der Waals surface area contributed by atoms with Crippen LogP contribution in [0.4, 0.5) is 5.82 Å². The van der Waals surface area contributed by atoms with Gasteiger partial charge in [-0.1, -0.05) is 24.3 Å². The van der Waals surface area contributed by atoms with Crippen LogP contribution in [0.3, 0.4) is 0 Å². The lowest BCUT2D eigenvalue weighted by molar-refractivity contribution is 0.0464. The summed E-state index contributed by atoms with van der Waals surface area (Å²) in [7, 11) is 2.04. The molecule has 0 radical (unpaired) electrons. The number of hydrogen-bond donors (Lipinski definition) is 1. The highest BCUT2D eigenvalue weighted by Gasteiger charge is 2.28.